The molecule has 0 fully saturated rings. The van der Waals surface area contributed by atoms with E-state index in [1.54, 1.807) is 0 Å². The van der Waals surface area contributed by atoms with Gasteiger partial charge in [-0.1, -0.05) is 36.4 Å². The number of rotatable bonds is 8. The first kappa shape index (κ1) is 17.7. The molecule has 1 atom stereocenters. The van der Waals surface area contributed by atoms with Gasteiger partial charge in [0.05, 0.1) is 12.1 Å². The molecule has 0 spiro atoms. The van der Waals surface area contributed by atoms with E-state index in [1.165, 1.54) is 0 Å². The molecular weight excluding hydrogens is 330 g/mol. The second-order valence-electron chi connectivity index (χ2n) is 6.26. The Hall–Kier alpha value is -3.15. The number of carbonyl (C=O) groups excluding carboxylic acids is 1. The molecule has 1 amide bonds. The first-order valence-electron chi connectivity index (χ1n) is 8.58. The predicted molar refractivity (Wildman–Crippen MR) is 97.8 cm³/mol. The molecule has 0 aliphatic carbocycles. The summed E-state index contributed by atoms with van der Waals surface area (Å²) < 4.78 is 1.87. The number of amides is 1. The van der Waals surface area contributed by atoms with Crippen LogP contribution in [-0.4, -0.2) is 32.4 Å². The number of benzene rings is 1. The summed E-state index contributed by atoms with van der Waals surface area (Å²) in [6, 6.07) is 15.2. The number of aliphatic carboxylic acids is 1. The maximum absolute atomic E-state index is 12.4. The predicted octanol–water partition coefficient (Wildman–Crippen LogP) is 2.47. The molecule has 0 aliphatic heterocycles. The summed E-state index contributed by atoms with van der Waals surface area (Å²) in [5.74, 6) is -1.02. The van der Waals surface area contributed by atoms with Crippen molar-refractivity contribution in [3.63, 3.8) is 0 Å². The average molecular weight is 351 g/mol. The first-order valence-corrected chi connectivity index (χ1v) is 8.58. The lowest BCUT2D eigenvalue weighted by Gasteiger charge is -2.18. The van der Waals surface area contributed by atoms with Crippen LogP contribution in [-0.2, 0) is 22.4 Å². The Balaban J connectivity index is 1.64. The molecule has 1 unspecified atom stereocenters. The number of imidazole rings is 1. The average Bonchev–Trinajstić information content (AvgIpc) is 3.02. The molecular formula is C20H21N3O3. The van der Waals surface area contributed by atoms with Gasteiger partial charge in [-0.05, 0) is 30.5 Å². The molecule has 0 bridgehead atoms. The summed E-state index contributed by atoms with van der Waals surface area (Å²) in [6.07, 6.45) is 4.89. The number of carboxylic acid groups (broad SMARTS) is 1. The molecule has 0 aliphatic rings. The zero-order chi connectivity index (χ0) is 18.4. The quantitative estimate of drug-likeness (QED) is 0.653. The van der Waals surface area contributed by atoms with Crippen LogP contribution < -0.4 is 5.32 Å². The van der Waals surface area contributed by atoms with Crippen LogP contribution >= 0.6 is 0 Å². The number of nitrogens with one attached hydrogen (secondary N) is 1. The fourth-order valence-corrected chi connectivity index (χ4v) is 2.94. The summed E-state index contributed by atoms with van der Waals surface area (Å²) in [7, 11) is 0. The Morgan fingerprint density at radius 3 is 2.62 bits per heavy atom. The molecule has 0 radical (unpaired) electrons. The highest BCUT2D eigenvalue weighted by molar-refractivity contribution is 5.78. The minimum absolute atomic E-state index is 0.0200. The standard InChI is InChI=1S/C20H21N3O3/c24-19(13-17-14-23-11-5-4-8-18(23)21-17)22-16(9-10-20(25)26)12-15-6-2-1-3-7-15/h1-8,11,14,16H,9-10,12-13H2,(H,22,24)(H,25,26). The van der Waals surface area contributed by atoms with Gasteiger partial charge in [0.2, 0.25) is 5.91 Å². The van der Waals surface area contributed by atoms with Crippen LogP contribution in [0.2, 0.25) is 0 Å². The van der Waals surface area contributed by atoms with Gasteiger partial charge in [0.1, 0.15) is 5.65 Å². The van der Waals surface area contributed by atoms with E-state index in [1.807, 2.05) is 65.3 Å². The Labute approximate surface area is 151 Å². The van der Waals surface area contributed by atoms with Gasteiger partial charge >= 0.3 is 5.97 Å². The molecule has 3 rings (SSSR count). The fraction of sp³-hybridized carbons (Fsp3) is 0.250. The minimum Gasteiger partial charge on any atom is -0.481 e. The van der Waals surface area contributed by atoms with Gasteiger partial charge in [-0.2, -0.15) is 0 Å². The Bertz CT molecular complexity index is 856. The van der Waals surface area contributed by atoms with E-state index in [9.17, 15) is 9.59 Å². The smallest absolute Gasteiger partial charge is 0.303 e. The van der Waals surface area contributed by atoms with Gasteiger partial charge in [0.25, 0.3) is 0 Å². The normalized spacial score (nSPS) is 12.0. The number of hydrogen-bond acceptors (Lipinski definition) is 3. The lowest BCUT2D eigenvalue weighted by molar-refractivity contribution is -0.137. The molecule has 6 nitrogen and oxygen atoms in total. The zero-order valence-corrected chi connectivity index (χ0v) is 14.3. The molecule has 0 saturated carbocycles. The second-order valence-corrected chi connectivity index (χ2v) is 6.26. The van der Waals surface area contributed by atoms with Crippen molar-refractivity contribution in [1.29, 1.82) is 0 Å². The van der Waals surface area contributed by atoms with Crippen LogP contribution in [0, 0.1) is 0 Å². The topological polar surface area (TPSA) is 83.7 Å². The van der Waals surface area contributed by atoms with Crippen LogP contribution in [0.5, 0.6) is 0 Å². The van der Waals surface area contributed by atoms with Crippen molar-refractivity contribution in [3.05, 3.63) is 72.2 Å². The summed E-state index contributed by atoms with van der Waals surface area (Å²) in [5.41, 5.74) is 2.54. The van der Waals surface area contributed by atoms with Gasteiger partial charge in [-0.3, -0.25) is 9.59 Å². The van der Waals surface area contributed by atoms with Gasteiger partial charge in [0.15, 0.2) is 0 Å². The molecule has 0 saturated heterocycles. The Kier molecular flexibility index (Phi) is 5.63. The second kappa shape index (κ2) is 8.29. The van der Waals surface area contributed by atoms with E-state index in [2.05, 4.69) is 10.3 Å². The number of nitrogens with zero attached hydrogens (tertiary/aromatic N) is 2. The van der Waals surface area contributed by atoms with Crippen LogP contribution in [0.4, 0.5) is 0 Å². The van der Waals surface area contributed by atoms with Gasteiger partial charge in [-0.15, -0.1) is 0 Å². The molecule has 2 heterocycles. The number of aromatic nitrogens is 2. The molecule has 1 aromatic carbocycles. The Morgan fingerprint density at radius 2 is 1.88 bits per heavy atom. The molecule has 134 valence electrons. The van der Waals surface area contributed by atoms with Crippen molar-refractivity contribution in [2.75, 3.05) is 0 Å². The molecule has 26 heavy (non-hydrogen) atoms. The summed E-state index contributed by atoms with van der Waals surface area (Å²) in [5, 5.41) is 11.9. The van der Waals surface area contributed by atoms with E-state index in [-0.39, 0.29) is 24.8 Å². The van der Waals surface area contributed by atoms with E-state index >= 15 is 0 Å². The van der Waals surface area contributed by atoms with E-state index in [0.29, 0.717) is 18.5 Å². The van der Waals surface area contributed by atoms with Crippen molar-refractivity contribution >= 4 is 17.5 Å². The SMILES string of the molecule is O=C(O)CCC(Cc1ccccc1)NC(=O)Cc1cn2ccccc2n1. The summed E-state index contributed by atoms with van der Waals surface area (Å²) >= 11 is 0. The molecule has 6 heteroatoms. The highest BCUT2D eigenvalue weighted by Gasteiger charge is 2.16. The number of carbonyl (C=O) groups is 2. The van der Waals surface area contributed by atoms with Crippen molar-refractivity contribution < 1.29 is 14.7 Å². The van der Waals surface area contributed by atoms with Crippen LogP contribution in [0.15, 0.2) is 60.9 Å². The fourth-order valence-electron chi connectivity index (χ4n) is 2.94. The van der Waals surface area contributed by atoms with Crippen molar-refractivity contribution in [2.24, 2.45) is 0 Å². The third kappa shape index (κ3) is 4.92. The highest BCUT2D eigenvalue weighted by Crippen LogP contribution is 2.09. The van der Waals surface area contributed by atoms with Crippen molar-refractivity contribution in [3.8, 4) is 0 Å². The number of hydrogen-bond donors (Lipinski definition) is 2. The van der Waals surface area contributed by atoms with E-state index < -0.39 is 5.97 Å². The van der Waals surface area contributed by atoms with Gasteiger partial charge < -0.3 is 14.8 Å². The van der Waals surface area contributed by atoms with E-state index in [0.717, 1.165) is 11.2 Å². The van der Waals surface area contributed by atoms with Crippen LogP contribution in [0.3, 0.4) is 0 Å². The first-order chi connectivity index (χ1) is 12.6. The number of fused-ring (bicyclic) bond motifs is 1. The molecule has 2 N–H and O–H groups in total. The van der Waals surface area contributed by atoms with Crippen LogP contribution in [0.25, 0.3) is 5.65 Å². The number of carboxylic acids is 1. The van der Waals surface area contributed by atoms with Crippen molar-refractivity contribution in [1.82, 2.24) is 14.7 Å². The molecule has 3 aromatic rings. The maximum atomic E-state index is 12.4. The summed E-state index contributed by atoms with van der Waals surface area (Å²) in [4.78, 5) is 27.8. The van der Waals surface area contributed by atoms with Gasteiger partial charge in [0, 0.05) is 24.9 Å². The lowest BCUT2D eigenvalue weighted by Crippen LogP contribution is -2.37. The maximum Gasteiger partial charge on any atom is 0.303 e. The zero-order valence-electron chi connectivity index (χ0n) is 14.3. The van der Waals surface area contributed by atoms with Crippen molar-refractivity contribution in [2.45, 2.75) is 31.7 Å². The third-order valence-corrected chi connectivity index (χ3v) is 4.15. The largest absolute Gasteiger partial charge is 0.481 e. The van der Waals surface area contributed by atoms with Crippen LogP contribution in [0.1, 0.15) is 24.1 Å². The lowest BCUT2D eigenvalue weighted by atomic mass is 10.0. The third-order valence-electron chi connectivity index (χ3n) is 4.15. The highest BCUT2D eigenvalue weighted by atomic mass is 16.4. The Morgan fingerprint density at radius 1 is 1.12 bits per heavy atom. The van der Waals surface area contributed by atoms with Gasteiger partial charge in [-0.25, -0.2) is 4.98 Å². The minimum atomic E-state index is -0.863. The summed E-state index contributed by atoms with van der Waals surface area (Å²) in [6.45, 7) is 0. The monoisotopic (exact) mass is 351 g/mol. The molecule has 2 aromatic heterocycles. The van der Waals surface area contributed by atoms with E-state index in [4.69, 9.17) is 5.11 Å². The number of pyridine rings is 1.